The van der Waals surface area contributed by atoms with Crippen LogP contribution in [0.15, 0.2) is 48.0 Å². The molecule has 8 nitrogen and oxygen atoms in total. The van der Waals surface area contributed by atoms with E-state index in [4.69, 9.17) is 14.2 Å². The Kier molecular flexibility index (Phi) is 11.9. The number of benzene rings is 2. The van der Waals surface area contributed by atoms with Crippen molar-refractivity contribution in [2.24, 2.45) is 0 Å². The molecule has 1 amide bonds. The minimum Gasteiger partial charge on any atom is -0.507 e. The van der Waals surface area contributed by atoms with Crippen LogP contribution >= 0.6 is 0 Å². The smallest absolute Gasteiger partial charge is 0.295 e. The number of methoxy groups -OCH3 is 1. The molecule has 0 spiro atoms. The van der Waals surface area contributed by atoms with Crippen LogP contribution in [0.25, 0.3) is 5.76 Å². The summed E-state index contributed by atoms with van der Waals surface area (Å²) in [4.78, 5) is 30.3. The van der Waals surface area contributed by atoms with Crippen molar-refractivity contribution in [3.8, 4) is 17.2 Å². The van der Waals surface area contributed by atoms with Gasteiger partial charge in [0, 0.05) is 12.1 Å². The van der Waals surface area contributed by atoms with Crippen LogP contribution in [0.2, 0.25) is 0 Å². The number of carbonyl (C=O) groups is 2. The lowest BCUT2D eigenvalue weighted by Crippen LogP contribution is -2.32. The minimum atomic E-state index is -0.769. The molecule has 1 saturated heterocycles. The Hall–Kier alpha value is -3.52. The van der Waals surface area contributed by atoms with Gasteiger partial charge in [-0.05, 0) is 69.7 Å². The quantitative estimate of drug-likeness (QED) is 0.122. The lowest BCUT2D eigenvalue weighted by atomic mass is 9.95. The number of amides is 1. The van der Waals surface area contributed by atoms with E-state index in [0.29, 0.717) is 54.6 Å². The van der Waals surface area contributed by atoms with Crippen LogP contribution in [0.1, 0.15) is 69.5 Å². The molecule has 1 aliphatic rings. The first-order chi connectivity index (χ1) is 19.3. The van der Waals surface area contributed by atoms with Crippen molar-refractivity contribution in [3.63, 3.8) is 0 Å². The Morgan fingerprint density at radius 2 is 1.68 bits per heavy atom. The largest absolute Gasteiger partial charge is 0.507 e. The molecule has 0 bridgehead atoms. The van der Waals surface area contributed by atoms with Crippen LogP contribution in [0.3, 0.4) is 0 Å². The molecule has 2 aromatic rings. The number of ether oxygens (including phenoxy) is 3. The topological polar surface area (TPSA) is 88.5 Å². The molecule has 218 valence electrons. The molecule has 2 aromatic carbocycles. The van der Waals surface area contributed by atoms with Gasteiger partial charge in [0.2, 0.25) is 0 Å². The van der Waals surface area contributed by atoms with Gasteiger partial charge in [-0.2, -0.15) is 0 Å². The summed E-state index contributed by atoms with van der Waals surface area (Å²) in [5, 5.41) is 11.5. The highest BCUT2D eigenvalue weighted by molar-refractivity contribution is 6.46. The monoisotopic (exact) mass is 552 g/mol. The lowest BCUT2D eigenvalue weighted by molar-refractivity contribution is -0.139. The summed E-state index contributed by atoms with van der Waals surface area (Å²) in [6.07, 6.45) is 5.70. The highest BCUT2D eigenvalue weighted by Crippen LogP contribution is 2.42. The number of carbonyl (C=O) groups excluding carboxylic acids is 2. The molecule has 1 N–H and O–H groups in total. The number of hydrogen-bond donors (Lipinski definition) is 1. The van der Waals surface area contributed by atoms with Crippen LogP contribution in [0.5, 0.6) is 17.2 Å². The molecule has 0 aromatic heterocycles. The summed E-state index contributed by atoms with van der Waals surface area (Å²) in [5.74, 6) is 0.157. The summed E-state index contributed by atoms with van der Waals surface area (Å²) in [5.41, 5.74) is 1.14. The SMILES string of the molecule is CCCCCOc1ccc(C2/C(=C(\O)c3cccc(OCCCC)c3)C(=O)C(=O)N2CCCN(C)C)cc1OC. The Morgan fingerprint density at radius 1 is 0.925 bits per heavy atom. The van der Waals surface area contributed by atoms with Crippen molar-refractivity contribution < 1.29 is 28.9 Å². The molecule has 8 heteroatoms. The van der Waals surface area contributed by atoms with Crippen LogP contribution < -0.4 is 14.2 Å². The molecule has 0 saturated carbocycles. The van der Waals surface area contributed by atoms with Crippen molar-refractivity contribution in [3.05, 3.63) is 59.2 Å². The van der Waals surface area contributed by atoms with Gasteiger partial charge in [-0.1, -0.05) is 51.3 Å². The molecule has 1 atom stereocenters. The van der Waals surface area contributed by atoms with Gasteiger partial charge in [0.05, 0.1) is 31.9 Å². The number of aliphatic hydroxyl groups excluding tert-OH is 1. The molecule has 1 fully saturated rings. The van der Waals surface area contributed by atoms with Crippen molar-refractivity contribution in [2.75, 3.05) is 47.5 Å². The molecule has 0 aliphatic carbocycles. The van der Waals surface area contributed by atoms with E-state index in [1.807, 2.05) is 37.2 Å². The average molecular weight is 553 g/mol. The zero-order chi connectivity index (χ0) is 29.1. The Bertz CT molecular complexity index is 1180. The number of Topliss-reactive ketones (excluding diaryl/α,β-unsaturated/α-hetero) is 1. The Labute approximate surface area is 238 Å². The first-order valence-electron chi connectivity index (χ1n) is 14.3. The highest BCUT2D eigenvalue weighted by Gasteiger charge is 2.46. The minimum absolute atomic E-state index is 0.0548. The molecule has 1 aliphatic heterocycles. The zero-order valence-corrected chi connectivity index (χ0v) is 24.6. The van der Waals surface area contributed by atoms with Gasteiger partial charge in [0.15, 0.2) is 11.5 Å². The normalized spacial score (nSPS) is 16.6. The number of likely N-dealkylation sites (tertiary alicyclic amines) is 1. The van der Waals surface area contributed by atoms with E-state index in [0.717, 1.165) is 38.6 Å². The van der Waals surface area contributed by atoms with Gasteiger partial charge >= 0.3 is 0 Å². The van der Waals surface area contributed by atoms with Crippen molar-refractivity contribution >= 4 is 17.4 Å². The van der Waals surface area contributed by atoms with E-state index in [2.05, 4.69) is 13.8 Å². The second-order valence-electron chi connectivity index (χ2n) is 10.3. The number of unbranched alkanes of at least 4 members (excludes halogenated alkanes) is 3. The van der Waals surface area contributed by atoms with Crippen molar-refractivity contribution in [2.45, 2.75) is 58.4 Å². The van der Waals surface area contributed by atoms with Gasteiger partial charge < -0.3 is 29.1 Å². The highest BCUT2D eigenvalue weighted by atomic mass is 16.5. The third-order valence-electron chi connectivity index (χ3n) is 6.93. The predicted octanol–water partition coefficient (Wildman–Crippen LogP) is 5.82. The Morgan fingerprint density at radius 3 is 2.38 bits per heavy atom. The second kappa shape index (κ2) is 15.3. The maximum absolute atomic E-state index is 13.4. The van der Waals surface area contributed by atoms with Gasteiger partial charge in [-0.3, -0.25) is 9.59 Å². The number of aliphatic hydroxyl groups is 1. The van der Waals surface area contributed by atoms with E-state index in [9.17, 15) is 14.7 Å². The van der Waals surface area contributed by atoms with Crippen LogP contribution in [0, 0.1) is 0 Å². The summed E-state index contributed by atoms with van der Waals surface area (Å²) in [6.45, 7) is 6.47. The standard InChI is InChI=1S/C32H44N2O6/c1-6-8-10-20-40-26-16-15-23(22-27(26)38-5)29-28(31(36)32(37)34(29)18-12-17-33(3)4)30(35)24-13-11-14-25(21-24)39-19-9-7-2/h11,13-16,21-22,29,35H,6-10,12,17-20H2,1-5H3/b30-28+. The van der Waals surface area contributed by atoms with Crippen LogP contribution in [-0.4, -0.2) is 74.1 Å². The summed E-state index contributed by atoms with van der Waals surface area (Å²) in [7, 11) is 5.49. The van der Waals surface area contributed by atoms with Crippen molar-refractivity contribution in [1.82, 2.24) is 9.80 Å². The molecule has 0 radical (unpaired) electrons. The van der Waals surface area contributed by atoms with Crippen LogP contribution in [0.4, 0.5) is 0 Å². The number of nitrogens with zero attached hydrogens (tertiary/aromatic N) is 2. The summed E-state index contributed by atoms with van der Waals surface area (Å²) < 4.78 is 17.4. The first-order valence-corrected chi connectivity index (χ1v) is 14.3. The number of ketones is 1. The van der Waals surface area contributed by atoms with Gasteiger partial charge in [-0.15, -0.1) is 0 Å². The van der Waals surface area contributed by atoms with E-state index in [-0.39, 0.29) is 11.3 Å². The fourth-order valence-electron chi connectivity index (χ4n) is 4.75. The zero-order valence-electron chi connectivity index (χ0n) is 24.6. The maximum atomic E-state index is 13.4. The molecule has 40 heavy (non-hydrogen) atoms. The molecular formula is C32H44N2O6. The molecular weight excluding hydrogens is 508 g/mol. The predicted molar refractivity (Wildman–Crippen MR) is 157 cm³/mol. The Balaban J connectivity index is 2.03. The second-order valence-corrected chi connectivity index (χ2v) is 10.3. The first kappa shape index (κ1) is 31.0. The number of hydrogen-bond acceptors (Lipinski definition) is 7. The van der Waals surface area contributed by atoms with Crippen LogP contribution in [-0.2, 0) is 9.59 Å². The molecule has 1 heterocycles. The molecule has 1 unspecified atom stereocenters. The van der Waals surface area contributed by atoms with E-state index in [1.54, 1.807) is 36.3 Å². The maximum Gasteiger partial charge on any atom is 0.295 e. The lowest BCUT2D eigenvalue weighted by Gasteiger charge is -2.26. The van der Waals surface area contributed by atoms with Gasteiger partial charge in [0.1, 0.15) is 11.5 Å². The third kappa shape index (κ3) is 7.78. The fourth-order valence-corrected chi connectivity index (χ4v) is 4.75. The fraction of sp³-hybridized carbons (Fsp3) is 0.500. The number of rotatable bonds is 16. The summed E-state index contributed by atoms with van der Waals surface area (Å²) in [6, 6.07) is 11.7. The molecule has 3 rings (SSSR count). The van der Waals surface area contributed by atoms with E-state index < -0.39 is 17.7 Å². The van der Waals surface area contributed by atoms with E-state index >= 15 is 0 Å². The van der Waals surface area contributed by atoms with Gasteiger partial charge in [-0.25, -0.2) is 0 Å². The summed E-state index contributed by atoms with van der Waals surface area (Å²) >= 11 is 0. The van der Waals surface area contributed by atoms with E-state index in [1.165, 1.54) is 0 Å². The average Bonchev–Trinajstić information content (AvgIpc) is 3.20. The van der Waals surface area contributed by atoms with Gasteiger partial charge in [0.25, 0.3) is 11.7 Å². The van der Waals surface area contributed by atoms with Crippen molar-refractivity contribution in [1.29, 1.82) is 0 Å². The third-order valence-corrected chi connectivity index (χ3v) is 6.93.